The number of carbonyl (C=O) groups excluding carboxylic acids is 2. The summed E-state index contributed by atoms with van der Waals surface area (Å²) >= 11 is 0. The van der Waals surface area contributed by atoms with Crippen molar-refractivity contribution in [3.8, 4) is 0 Å². The third kappa shape index (κ3) is 4.07. The zero-order chi connectivity index (χ0) is 17.8. The van der Waals surface area contributed by atoms with Crippen molar-refractivity contribution < 1.29 is 19.5 Å². The van der Waals surface area contributed by atoms with Crippen molar-refractivity contribution in [1.82, 2.24) is 9.80 Å². The quantitative estimate of drug-likeness (QED) is 0.849. The average Bonchev–Trinajstić information content (AvgIpc) is 3.06. The first-order valence-electron chi connectivity index (χ1n) is 8.64. The molecule has 6 nitrogen and oxygen atoms in total. The van der Waals surface area contributed by atoms with Gasteiger partial charge in [-0.25, -0.2) is 4.79 Å². The van der Waals surface area contributed by atoms with E-state index in [1.54, 1.807) is 23.1 Å². The number of carbonyl (C=O) groups is 3. The number of likely N-dealkylation sites (tertiary alicyclic amines) is 2. The Morgan fingerprint density at radius 1 is 1.08 bits per heavy atom. The lowest BCUT2D eigenvalue weighted by Gasteiger charge is -2.36. The van der Waals surface area contributed by atoms with Gasteiger partial charge in [-0.2, -0.15) is 0 Å². The molecule has 1 aromatic carbocycles. The number of carboxylic acids is 1. The topological polar surface area (TPSA) is 77.9 Å². The van der Waals surface area contributed by atoms with Gasteiger partial charge in [0.1, 0.15) is 0 Å². The van der Waals surface area contributed by atoms with Crippen LogP contribution < -0.4 is 0 Å². The number of hydrogen-bond donors (Lipinski definition) is 1. The molecular weight excluding hydrogens is 320 g/mol. The summed E-state index contributed by atoms with van der Waals surface area (Å²) in [6.45, 7) is 2.18. The van der Waals surface area contributed by atoms with Gasteiger partial charge in [0.05, 0.1) is 5.56 Å². The van der Waals surface area contributed by atoms with Crippen LogP contribution in [0.2, 0.25) is 0 Å². The lowest BCUT2D eigenvalue weighted by atomic mass is 10.0. The predicted octanol–water partition coefficient (Wildman–Crippen LogP) is 2.01. The van der Waals surface area contributed by atoms with Crippen LogP contribution in [0.4, 0.5) is 0 Å². The van der Waals surface area contributed by atoms with Gasteiger partial charge >= 0.3 is 5.97 Å². The van der Waals surface area contributed by atoms with Crippen molar-refractivity contribution in [2.45, 2.75) is 31.7 Å². The molecule has 1 aromatic rings. The van der Waals surface area contributed by atoms with Gasteiger partial charge in [0.25, 0.3) is 0 Å². The van der Waals surface area contributed by atoms with E-state index < -0.39 is 5.97 Å². The Kier molecular flexibility index (Phi) is 5.16. The summed E-state index contributed by atoms with van der Waals surface area (Å²) in [5, 5.41) is 8.88. The second kappa shape index (κ2) is 7.51. The first-order chi connectivity index (χ1) is 12.0. The third-order valence-corrected chi connectivity index (χ3v) is 4.90. The SMILES string of the molecule is O=C(O)c1ccc(/C=C/C(=O)N2CCC(N3CCCC3=O)CC2)cc1. The van der Waals surface area contributed by atoms with E-state index in [2.05, 4.69) is 0 Å². The Balaban J connectivity index is 1.52. The number of aromatic carboxylic acids is 1. The first kappa shape index (κ1) is 17.2. The first-order valence-corrected chi connectivity index (χ1v) is 8.64. The Labute approximate surface area is 146 Å². The van der Waals surface area contributed by atoms with Gasteiger partial charge in [-0.15, -0.1) is 0 Å². The zero-order valence-corrected chi connectivity index (χ0v) is 14.1. The monoisotopic (exact) mass is 342 g/mol. The summed E-state index contributed by atoms with van der Waals surface area (Å²) in [5.74, 6) is -0.769. The molecule has 2 aliphatic rings. The van der Waals surface area contributed by atoms with Crippen LogP contribution in [-0.2, 0) is 9.59 Å². The van der Waals surface area contributed by atoms with E-state index in [9.17, 15) is 14.4 Å². The van der Waals surface area contributed by atoms with E-state index in [1.165, 1.54) is 18.2 Å². The molecule has 0 aliphatic carbocycles. The van der Waals surface area contributed by atoms with Crippen LogP contribution in [0.25, 0.3) is 6.08 Å². The van der Waals surface area contributed by atoms with Crippen molar-refractivity contribution in [1.29, 1.82) is 0 Å². The fourth-order valence-corrected chi connectivity index (χ4v) is 3.46. The van der Waals surface area contributed by atoms with Crippen LogP contribution in [0.3, 0.4) is 0 Å². The number of nitrogens with zero attached hydrogens (tertiary/aromatic N) is 2. The van der Waals surface area contributed by atoms with Crippen LogP contribution >= 0.6 is 0 Å². The van der Waals surface area contributed by atoms with Crippen LogP contribution in [0.1, 0.15) is 41.6 Å². The Hall–Kier alpha value is -2.63. The van der Waals surface area contributed by atoms with Crippen LogP contribution in [0.5, 0.6) is 0 Å². The Bertz CT molecular complexity index is 688. The maximum atomic E-state index is 12.3. The van der Waals surface area contributed by atoms with E-state index in [4.69, 9.17) is 5.11 Å². The van der Waals surface area contributed by atoms with Gasteiger partial charge in [0.15, 0.2) is 0 Å². The van der Waals surface area contributed by atoms with Gasteiger partial charge in [-0.3, -0.25) is 9.59 Å². The minimum Gasteiger partial charge on any atom is -0.478 e. The molecule has 0 unspecified atom stereocenters. The molecule has 2 heterocycles. The number of carboxylic acid groups (broad SMARTS) is 1. The molecule has 6 heteroatoms. The molecule has 132 valence electrons. The molecule has 0 aromatic heterocycles. The van der Waals surface area contributed by atoms with Gasteiger partial charge in [-0.05, 0) is 43.0 Å². The van der Waals surface area contributed by atoms with Crippen LogP contribution in [-0.4, -0.2) is 58.4 Å². The summed E-state index contributed by atoms with van der Waals surface area (Å²) in [5.41, 5.74) is 1.01. The van der Waals surface area contributed by atoms with E-state index in [-0.39, 0.29) is 23.4 Å². The summed E-state index contributed by atoms with van der Waals surface area (Å²) in [7, 11) is 0. The molecule has 0 spiro atoms. The molecule has 0 saturated carbocycles. The smallest absolute Gasteiger partial charge is 0.335 e. The summed E-state index contributed by atoms with van der Waals surface area (Å²) in [4.78, 5) is 38.7. The largest absolute Gasteiger partial charge is 0.478 e. The van der Waals surface area contributed by atoms with Crippen molar-refractivity contribution in [3.63, 3.8) is 0 Å². The van der Waals surface area contributed by atoms with Gasteiger partial charge in [0.2, 0.25) is 11.8 Å². The van der Waals surface area contributed by atoms with Gasteiger partial charge < -0.3 is 14.9 Å². The molecule has 0 bridgehead atoms. The van der Waals surface area contributed by atoms with Crippen molar-refractivity contribution >= 4 is 23.9 Å². The highest BCUT2D eigenvalue weighted by Crippen LogP contribution is 2.22. The molecule has 25 heavy (non-hydrogen) atoms. The Morgan fingerprint density at radius 3 is 2.32 bits per heavy atom. The number of benzene rings is 1. The second-order valence-electron chi connectivity index (χ2n) is 6.51. The molecular formula is C19H22N2O4. The number of piperidine rings is 1. The van der Waals surface area contributed by atoms with Crippen LogP contribution in [0, 0.1) is 0 Å². The highest BCUT2D eigenvalue weighted by Gasteiger charge is 2.31. The molecule has 2 aliphatic heterocycles. The molecule has 0 radical (unpaired) electrons. The fraction of sp³-hybridized carbons (Fsp3) is 0.421. The van der Waals surface area contributed by atoms with E-state index >= 15 is 0 Å². The molecule has 2 amide bonds. The Morgan fingerprint density at radius 2 is 1.76 bits per heavy atom. The number of amides is 2. The maximum absolute atomic E-state index is 12.3. The lowest BCUT2D eigenvalue weighted by Crippen LogP contribution is -2.46. The molecule has 0 atom stereocenters. The number of rotatable bonds is 4. The molecule has 2 fully saturated rings. The van der Waals surface area contributed by atoms with Crippen molar-refractivity contribution in [3.05, 3.63) is 41.5 Å². The molecule has 2 saturated heterocycles. The average molecular weight is 342 g/mol. The minimum atomic E-state index is -0.967. The highest BCUT2D eigenvalue weighted by atomic mass is 16.4. The summed E-state index contributed by atoms with van der Waals surface area (Å²) in [6, 6.07) is 6.67. The third-order valence-electron chi connectivity index (χ3n) is 4.90. The van der Waals surface area contributed by atoms with E-state index in [1.807, 2.05) is 4.90 Å². The summed E-state index contributed by atoms with van der Waals surface area (Å²) in [6.07, 6.45) is 6.49. The summed E-state index contributed by atoms with van der Waals surface area (Å²) < 4.78 is 0. The second-order valence-corrected chi connectivity index (χ2v) is 6.51. The van der Waals surface area contributed by atoms with Crippen molar-refractivity contribution in [2.75, 3.05) is 19.6 Å². The highest BCUT2D eigenvalue weighted by molar-refractivity contribution is 5.92. The van der Waals surface area contributed by atoms with E-state index in [0.717, 1.165) is 31.4 Å². The van der Waals surface area contributed by atoms with Gasteiger partial charge in [-0.1, -0.05) is 12.1 Å². The number of hydrogen-bond acceptors (Lipinski definition) is 3. The molecule has 3 rings (SSSR count). The maximum Gasteiger partial charge on any atom is 0.335 e. The van der Waals surface area contributed by atoms with E-state index in [0.29, 0.717) is 19.5 Å². The fourth-order valence-electron chi connectivity index (χ4n) is 3.46. The normalized spacial score (nSPS) is 19.0. The minimum absolute atomic E-state index is 0.0477. The predicted molar refractivity (Wildman–Crippen MR) is 93.0 cm³/mol. The van der Waals surface area contributed by atoms with Crippen molar-refractivity contribution in [2.24, 2.45) is 0 Å². The molecule has 1 N–H and O–H groups in total. The standard InChI is InChI=1S/C19H22N2O4/c22-17(8-5-14-3-6-15(7-4-14)19(24)25)20-12-9-16(10-13-20)21-11-1-2-18(21)23/h3-8,16H,1-2,9-13H2,(H,24,25)/b8-5+. The zero-order valence-electron chi connectivity index (χ0n) is 14.1. The van der Waals surface area contributed by atoms with Crippen LogP contribution in [0.15, 0.2) is 30.3 Å². The van der Waals surface area contributed by atoms with Gasteiger partial charge in [0, 0.05) is 38.2 Å². The lowest BCUT2D eigenvalue weighted by molar-refractivity contribution is -0.132.